The molecular weight excluding hydrogens is 406 g/mol. The quantitative estimate of drug-likeness (QED) is 0.299. The molecule has 1 aliphatic rings. The first-order chi connectivity index (χ1) is 11.0. The number of fused-ring (bicyclic) bond motifs is 2. The van der Waals surface area contributed by atoms with Crippen LogP contribution >= 0.6 is 0 Å². The summed E-state index contributed by atoms with van der Waals surface area (Å²) in [5.41, 5.74) is -0.912. The number of carbonyl (C=O) groups excluding carboxylic acids is 2. The largest absolute Gasteiger partial charge is 1.00 e. The van der Waals surface area contributed by atoms with Gasteiger partial charge in [0.1, 0.15) is 20.2 Å². The summed E-state index contributed by atoms with van der Waals surface area (Å²) >= 11 is 0. The molecule has 26 heavy (non-hydrogen) atoms. The zero-order valence-corrected chi connectivity index (χ0v) is 19.2. The average molecular weight is 412 g/mol. The maximum Gasteiger partial charge on any atom is 1.00 e. The zero-order valence-electron chi connectivity index (χ0n) is 13.5. The fourth-order valence-corrected chi connectivity index (χ4v) is 3.41. The summed E-state index contributed by atoms with van der Waals surface area (Å²) in [6.07, 6.45) is 0. The molecule has 124 valence electrons. The summed E-state index contributed by atoms with van der Waals surface area (Å²) in [5, 5.41) is 0. The first-order valence-electron chi connectivity index (χ1n) is 6.29. The topological polar surface area (TPSA) is 149 Å². The summed E-state index contributed by atoms with van der Waals surface area (Å²) in [7, 11) is -9.69. The number of hydrogen-bond acceptors (Lipinski definition) is 8. The van der Waals surface area contributed by atoms with Gasteiger partial charge in [0.05, 0.1) is 9.79 Å². The number of carbonyl (C=O) groups is 2. The molecule has 0 spiro atoms. The van der Waals surface area contributed by atoms with Gasteiger partial charge in [-0.25, -0.2) is 16.8 Å². The van der Waals surface area contributed by atoms with Crippen molar-refractivity contribution in [3.63, 3.8) is 0 Å². The molecule has 0 amide bonds. The van der Waals surface area contributed by atoms with Gasteiger partial charge in [0.15, 0.2) is 11.6 Å². The van der Waals surface area contributed by atoms with E-state index < -0.39 is 41.6 Å². The molecule has 2 aromatic carbocycles. The second-order valence-electron chi connectivity index (χ2n) is 4.98. The van der Waals surface area contributed by atoms with Crippen molar-refractivity contribution in [2.75, 3.05) is 0 Å². The van der Waals surface area contributed by atoms with E-state index in [1.807, 2.05) is 0 Å². The Bertz CT molecular complexity index is 1050. The van der Waals surface area contributed by atoms with Crippen molar-refractivity contribution in [3.05, 3.63) is 58.7 Å². The van der Waals surface area contributed by atoms with Crippen LogP contribution in [0.1, 0.15) is 31.8 Å². The molecule has 0 N–H and O–H groups in total. The minimum atomic E-state index is -4.85. The molecule has 0 unspecified atom stereocenters. The number of rotatable bonds is 2. The van der Waals surface area contributed by atoms with Crippen LogP contribution in [0.2, 0.25) is 0 Å². The standard InChI is InChI=1S/C14H8O8S2.2Na/c15-13-9-3-1-7(23(17,18)19)5-11(9)14(16)12-6-8(24(20,21)22)2-4-10(12)13;;/h1-6H,(H,17,18,19)(H,20,21,22);;/q;2*+1/p-2. The molecule has 3 rings (SSSR count). The molecule has 0 radical (unpaired) electrons. The van der Waals surface area contributed by atoms with E-state index in [1.54, 1.807) is 0 Å². The SMILES string of the molecule is O=C1c2ccc(S(=O)(=O)[O-])cc2C(=O)c2cc(S(=O)(=O)[O-])ccc21.[Na+].[Na+]. The minimum absolute atomic E-state index is 0. The summed E-state index contributed by atoms with van der Waals surface area (Å²) in [4.78, 5) is 23.4. The van der Waals surface area contributed by atoms with Gasteiger partial charge >= 0.3 is 59.1 Å². The monoisotopic (exact) mass is 412 g/mol. The predicted octanol–water partition coefficient (Wildman–Crippen LogP) is -5.72. The maximum atomic E-state index is 12.5. The molecule has 12 heteroatoms. The van der Waals surface area contributed by atoms with E-state index in [0.29, 0.717) is 0 Å². The molecule has 0 fully saturated rings. The Morgan fingerprint density at radius 3 is 1.19 bits per heavy atom. The molecule has 0 aliphatic heterocycles. The minimum Gasteiger partial charge on any atom is -0.744 e. The Labute approximate surface area is 193 Å². The Hall–Kier alpha value is -0.400. The molecule has 0 atom stereocenters. The first kappa shape index (κ1) is 23.6. The van der Waals surface area contributed by atoms with Crippen LogP contribution in [-0.2, 0) is 20.2 Å². The van der Waals surface area contributed by atoms with Gasteiger partial charge in [-0.15, -0.1) is 0 Å². The number of hydrogen-bond donors (Lipinski definition) is 0. The normalized spacial score (nSPS) is 13.2. The van der Waals surface area contributed by atoms with Gasteiger partial charge in [-0.05, 0) is 36.4 Å². The van der Waals surface area contributed by atoms with Crippen LogP contribution in [-0.4, -0.2) is 37.5 Å². The van der Waals surface area contributed by atoms with Gasteiger partial charge in [0, 0.05) is 22.3 Å². The Morgan fingerprint density at radius 2 is 0.885 bits per heavy atom. The van der Waals surface area contributed by atoms with E-state index in [0.717, 1.165) is 36.4 Å². The van der Waals surface area contributed by atoms with Crippen LogP contribution in [0.3, 0.4) is 0 Å². The molecule has 0 saturated carbocycles. The predicted molar refractivity (Wildman–Crippen MR) is 75.7 cm³/mol. The van der Waals surface area contributed by atoms with Gasteiger partial charge in [-0.3, -0.25) is 9.59 Å². The van der Waals surface area contributed by atoms with Crippen LogP contribution in [0.4, 0.5) is 0 Å². The van der Waals surface area contributed by atoms with Gasteiger partial charge in [-0.1, -0.05) is 0 Å². The molecule has 0 aromatic heterocycles. The smallest absolute Gasteiger partial charge is 0.744 e. The molecule has 2 aromatic rings. The molecule has 0 saturated heterocycles. The van der Waals surface area contributed by atoms with Crippen molar-refractivity contribution in [1.29, 1.82) is 0 Å². The summed E-state index contributed by atoms with van der Waals surface area (Å²) in [6, 6.07) is 5.43. The second kappa shape index (κ2) is 7.92. The van der Waals surface area contributed by atoms with Gasteiger partial charge < -0.3 is 9.11 Å². The third-order valence-corrected chi connectivity index (χ3v) is 5.20. The van der Waals surface area contributed by atoms with Crippen LogP contribution in [0.5, 0.6) is 0 Å². The van der Waals surface area contributed by atoms with Crippen LogP contribution < -0.4 is 59.1 Å². The van der Waals surface area contributed by atoms with E-state index in [9.17, 15) is 35.5 Å². The van der Waals surface area contributed by atoms with Crippen molar-refractivity contribution in [3.8, 4) is 0 Å². The molecule has 8 nitrogen and oxygen atoms in total. The van der Waals surface area contributed by atoms with Gasteiger partial charge in [0.2, 0.25) is 0 Å². The zero-order chi connectivity index (χ0) is 17.9. The van der Waals surface area contributed by atoms with Crippen molar-refractivity contribution in [2.45, 2.75) is 9.79 Å². The number of ketones is 2. The van der Waals surface area contributed by atoms with E-state index >= 15 is 0 Å². The third-order valence-electron chi connectivity index (χ3n) is 3.54. The Balaban J connectivity index is 0.00000169. The molecule has 0 heterocycles. The number of benzene rings is 2. The van der Waals surface area contributed by atoms with Crippen molar-refractivity contribution in [1.82, 2.24) is 0 Å². The molecular formula is C14H6Na2O8S2. The van der Waals surface area contributed by atoms with E-state index in [-0.39, 0.29) is 81.4 Å². The summed E-state index contributed by atoms with van der Waals surface area (Å²) < 4.78 is 66.4. The molecule has 0 bridgehead atoms. The van der Waals surface area contributed by atoms with Crippen molar-refractivity contribution >= 4 is 31.8 Å². The van der Waals surface area contributed by atoms with Crippen LogP contribution in [0.15, 0.2) is 46.2 Å². The van der Waals surface area contributed by atoms with Crippen molar-refractivity contribution in [2.24, 2.45) is 0 Å². The van der Waals surface area contributed by atoms with Gasteiger partial charge in [-0.2, -0.15) is 0 Å². The Morgan fingerprint density at radius 1 is 0.577 bits per heavy atom. The maximum absolute atomic E-state index is 12.5. The van der Waals surface area contributed by atoms with E-state index in [4.69, 9.17) is 0 Å². The summed E-state index contributed by atoms with van der Waals surface area (Å²) in [5.74, 6) is -1.50. The first-order valence-corrected chi connectivity index (χ1v) is 9.11. The van der Waals surface area contributed by atoms with Gasteiger partial charge in [0.25, 0.3) is 0 Å². The second-order valence-corrected chi connectivity index (χ2v) is 7.74. The van der Waals surface area contributed by atoms with E-state index in [1.165, 1.54) is 0 Å². The Kier molecular flexibility index (Phi) is 7.20. The average Bonchev–Trinajstić information content (AvgIpc) is 2.49. The third kappa shape index (κ3) is 4.20. The van der Waals surface area contributed by atoms with E-state index in [2.05, 4.69) is 0 Å². The van der Waals surface area contributed by atoms with Crippen molar-refractivity contribution < 1.29 is 94.6 Å². The fourth-order valence-electron chi connectivity index (χ4n) is 2.42. The van der Waals surface area contributed by atoms with Crippen LogP contribution in [0, 0.1) is 0 Å². The van der Waals surface area contributed by atoms with Crippen LogP contribution in [0.25, 0.3) is 0 Å². The summed E-state index contributed by atoms with van der Waals surface area (Å²) in [6.45, 7) is 0. The fraction of sp³-hybridized carbons (Fsp3) is 0. The molecule has 1 aliphatic carbocycles.